The van der Waals surface area contributed by atoms with Crippen LogP contribution in [0, 0.1) is 6.92 Å². The Bertz CT molecular complexity index is 844. The fraction of sp³-hybridized carbons (Fsp3) is 0.417. The second-order valence-corrected chi connectivity index (χ2v) is 8.07. The van der Waals surface area contributed by atoms with Crippen LogP contribution in [-0.2, 0) is 9.59 Å². The van der Waals surface area contributed by atoms with Gasteiger partial charge in [-0.1, -0.05) is 48.0 Å². The smallest absolute Gasteiger partial charge is 0.243 e. The second-order valence-electron chi connectivity index (χ2n) is 8.07. The van der Waals surface area contributed by atoms with Crippen LogP contribution in [0.1, 0.15) is 42.9 Å². The summed E-state index contributed by atoms with van der Waals surface area (Å²) in [7, 11) is 0. The van der Waals surface area contributed by atoms with Crippen molar-refractivity contribution in [3.05, 3.63) is 65.7 Å². The first kappa shape index (κ1) is 19.6. The Morgan fingerprint density at radius 2 is 1.76 bits per heavy atom. The molecule has 2 amide bonds. The van der Waals surface area contributed by atoms with Crippen LogP contribution in [0.4, 0.5) is 5.69 Å². The normalized spacial score (nSPS) is 20.8. The van der Waals surface area contributed by atoms with Gasteiger partial charge in [0.05, 0.1) is 6.04 Å². The van der Waals surface area contributed by atoms with Crippen LogP contribution in [0.3, 0.4) is 0 Å². The van der Waals surface area contributed by atoms with E-state index in [-0.39, 0.29) is 17.9 Å². The third-order valence-corrected chi connectivity index (χ3v) is 6.06. The Morgan fingerprint density at radius 3 is 2.45 bits per heavy atom. The van der Waals surface area contributed by atoms with Crippen LogP contribution in [-0.4, -0.2) is 42.4 Å². The molecule has 2 atom stereocenters. The molecule has 2 heterocycles. The zero-order valence-corrected chi connectivity index (χ0v) is 17.0. The highest BCUT2D eigenvalue weighted by Gasteiger charge is 2.37. The number of benzene rings is 2. The SMILES string of the molecule is Cc1ccc(C(CNC(=O)C2CCC(=O)N2c2ccccc2)N2CCCC2)cc1. The maximum absolute atomic E-state index is 13.1. The van der Waals surface area contributed by atoms with E-state index in [0.717, 1.165) is 18.8 Å². The highest BCUT2D eigenvalue weighted by molar-refractivity contribution is 6.03. The number of carbonyl (C=O) groups is 2. The van der Waals surface area contributed by atoms with Gasteiger partial charge >= 0.3 is 0 Å². The number of rotatable bonds is 6. The molecule has 29 heavy (non-hydrogen) atoms. The molecule has 2 saturated heterocycles. The highest BCUT2D eigenvalue weighted by atomic mass is 16.2. The molecular weight excluding hydrogens is 362 g/mol. The number of para-hydroxylation sites is 1. The minimum Gasteiger partial charge on any atom is -0.352 e. The van der Waals surface area contributed by atoms with Gasteiger partial charge in [0.1, 0.15) is 6.04 Å². The fourth-order valence-corrected chi connectivity index (χ4v) is 4.46. The quantitative estimate of drug-likeness (QED) is 0.821. The number of nitrogens with zero attached hydrogens (tertiary/aromatic N) is 2. The molecule has 0 saturated carbocycles. The molecule has 5 nitrogen and oxygen atoms in total. The predicted molar refractivity (Wildman–Crippen MR) is 115 cm³/mol. The van der Waals surface area contributed by atoms with Gasteiger partial charge in [-0.15, -0.1) is 0 Å². The van der Waals surface area contributed by atoms with Crippen molar-refractivity contribution in [3.8, 4) is 0 Å². The molecule has 152 valence electrons. The number of amides is 2. The summed E-state index contributed by atoms with van der Waals surface area (Å²) in [6.07, 6.45) is 3.39. The highest BCUT2D eigenvalue weighted by Crippen LogP contribution is 2.28. The van der Waals surface area contributed by atoms with Crippen LogP contribution < -0.4 is 10.2 Å². The van der Waals surface area contributed by atoms with Crippen LogP contribution in [0.2, 0.25) is 0 Å². The molecule has 2 unspecified atom stereocenters. The molecule has 0 spiro atoms. The van der Waals surface area contributed by atoms with Crippen molar-refractivity contribution >= 4 is 17.5 Å². The lowest BCUT2D eigenvalue weighted by Gasteiger charge is -2.30. The average molecular weight is 392 g/mol. The summed E-state index contributed by atoms with van der Waals surface area (Å²) in [5.74, 6) is -0.0398. The van der Waals surface area contributed by atoms with Crippen molar-refractivity contribution in [2.24, 2.45) is 0 Å². The van der Waals surface area contributed by atoms with E-state index in [1.165, 1.54) is 24.0 Å². The summed E-state index contributed by atoms with van der Waals surface area (Å²) in [6.45, 7) is 4.78. The molecule has 0 aliphatic carbocycles. The van der Waals surface area contributed by atoms with Gasteiger partial charge in [0.2, 0.25) is 11.8 Å². The summed E-state index contributed by atoms with van der Waals surface area (Å²) in [6, 6.07) is 17.8. The lowest BCUT2D eigenvalue weighted by Crippen LogP contribution is -2.47. The number of hydrogen-bond acceptors (Lipinski definition) is 3. The first-order valence-electron chi connectivity index (χ1n) is 10.6. The van der Waals surface area contributed by atoms with Gasteiger partial charge in [-0.3, -0.25) is 19.4 Å². The summed E-state index contributed by atoms with van der Waals surface area (Å²) < 4.78 is 0. The molecule has 5 heteroatoms. The topological polar surface area (TPSA) is 52.7 Å². The van der Waals surface area contributed by atoms with Gasteiger partial charge in [-0.05, 0) is 57.0 Å². The molecule has 2 aliphatic heterocycles. The Morgan fingerprint density at radius 1 is 1.07 bits per heavy atom. The molecule has 4 rings (SSSR count). The lowest BCUT2D eigenvalue weighted by atomic mass is 10.0. The largest absolute Gasteiger partial charge is 0.352 e. The van der Waals surface area contributed by atoms with Gasteiger partial charge < -0.3 is 5.32 Å². The maximum atomic E-state index is 13.1. The first-order valence-corrected chi connectivity index (χ1v) is 10.6. The molecule has 0 bridgehead atoms. The van der Waals surface area contributed by atoms with E-state index in [2.05, 4.69) is 41.4 Å². The fourth-order valence-electron chi connectivity index (χ4n) is 4.46. The van der Waals surface area contributed by atoms with Crippen LogP contribution in [0.15, 0.2) is 54.6 Å². The summed E-state index contributed by atoms with van der Waals surface area (Å²) in [4.78, 5) is 29.6. The van der Waals surface area contributed by atoms with Crippen molar-refractivity contribution in [3.63, 3.8) is 0 Å². The van der Waals surface area contributed by atoms with E-state index < -0.39 is 6.04 Å². The van der Waals surface area contributed by atoms with E-state index in [4.69, 9.17) is 0 Å². The summed E-state index contributed by atoms with van der Waals surface area (Å²) in [5, 5.41) is 3.16. The van der Waals surface area contributed by atoms with E-state index in [0.29, 0.717) is 19.4 Å². The van der Waals surface area contributed by atoms with E-state index >= 15 is 0 Å². The standard InChI is InChI=1S/C24H29N3O2/c1-18-9-11-19(12-10-18)22(26-15-5-6-16-26)17-25-24(29)21-13-14-23(28)27(21)20-7-3-2-4-8-20/h2-4,7-12,21-22H,5-6,13-17H2,1H3,(H,25,29). The van der Waals surface area contributed by atoms with Crippen LogP contribution >= 0.6 is 0 Å². The number of aryl methyl sites for hydroxylation is 1. The van der Waals surface area contributed by atoms with Crippen molar-refractivity contribution in [1.82, 2.24) is 10.2 Å². The van der Waals surface area contributed by atoms with Gasteiger partial charge in [-0.2, -0.15) is 0 Å². The molecule has 2 aromatic carbocycles. The van der Waals surface area contributed by atoms with E-state index in [9.17, 15) is 9.59 Å². The molecule has 0 aromatic heterocycles. The average Bonchev–Trinajstić information content (AvgIpc) is 3.40. The van der Waals surface area contributed by atoms with Gasteiger partial charge in [0, 0.05) is 18.7 Å². The minimum absolute atomic E-state index is 0.0194. The predicted octanol–water partition coefficient (Wildman–Crippen LogP) is 3.44. The lowest BCUT2D eigenvalue weighted by molar-refractivity contribution is -0.124. The van der Waals surface area contributed by atoms with Gasteiger partial charge in [-0.25, -0.2) is 0 Å². The Kier molecular flexibility index (Phi) is 5.95. The minimum atomic E-state index is -0.429. The third-order valence-electron chi connectivity index (χ3n) is 6.06. The second kappa shape index (κ2) is 8.78. The third kappa shape index (κ3) is 4.35. The molecular formula is C24H29N3O2. The number of carbonyl (C=O) groups excluding carboxylic acids is 2. The van der Waals surface area contributed by atoms with E-state index in [1.54, 1.807) is 4.90 Å². The molecule has 2 aromatic rings. The van der Waals surface area contributed by atoms with Crippen molar-refractivity contribution in [2.75, 3.05) is 24.5 Å². The molecule has 0 radical (unpaired) electrons. The number of likely N-dealkylation sites (tertiary alicyclic amines) is 1. The van der Waals surface area contributed by atoms with Gasteiger partial charge in [0.25, 0.3) is 0 Å². The number of nitrogens with one attached hydrogen (secondary N) is 1. The zero-order chi connectivity index (χ0) is 20.2. The van der Waals surface area contributed by atoms with Crippen molar-refractivity contribution in [1.29, 1.82) is 0 Å². The van der Waals surface area contributed by atoms with E-state index in [1.807, 2.05) is 30.3 Å². The van der Waals surface area contributed by atoms with Crippen molar-refractivity contribution in [2.45, 2.75) is 44.7 Å². The monoisotopic (exact) mass is 391 g/mol. The zero-order valence-electron chi connectivity index (χ0n) is 17.0. The number of anilines is 1. The number of hydrogen-bond donors (Lipinski definition) is 1. The first-order chi connectivity index (χ1) is 14.1. The molecule has 1 N–H and O–H groups in total. The van der Waals surface area contributed by atoms with Crippen LogP contribution in [0.25, 0.3) is 0 Å². The summed E-state index contributed by atoms with van der Waals surface area (Å²) in [5.41, 5.74) is 3.27. The Balaban J connectivity index is 1.47. The molecule has 2 aliphatic rings. The Labute approximate surface area is 172 Å². The Hall–Kier alpha value is -2.66. The van der Waals surface area contributed by atoms with Gasteiger partial charge in [0.15, 0.2) is 0 Å². The van der Waals surface area contributed by atoms with Crippen LogP contribution in [0.5, 0.6) is 0 Å². The maximum Gasteiger partial charge on any atom is 0.243 e. The summed E-state index contributed by atoms with van der Waals surface area (Å²) >= 11 is 0. The van der Waals surface area contributed by atoms with Crippen molar-refractivity contribution < 1.29 is 9.59 Å². The molecule has 2 fully saturated rings.